The summed E-state index contributed by atoms with van der Waals surface area (Å²) < 4.78 is 83.1. The second kappa shape index (κ2) is 10.4. The highest BCUT2D eigenvalue weighted by Crippen LogP contribution is 2.25. The van der Waals surface area contributed by atoms with Gasteiger partial charge in [0.05, 0.1) is 10.4 Å². The van der Waals surface area contributed by atoms with Crippen molar-refractivity contribution in [1.29, 1.82) is 0 Å². The largest absolute Gasteiger partial charge is 0.296 e. The van der Waals surface area contributed by atoms with E-state index in [0.29, 0.717) is 36.1 Å². The molecule has 0 amide bonds. The number of para-hydroxylation sites is 1. The Morgan fingerprint density at radius 3 is 2.16 bits per heavy atom. The van der Waals surface area contributed by atoms with Gasteiger partial charge in [-0.25, -0.2) is 25.6 Å². The van der Waals surface area contributed by atoms with Gasteiger partial charge in [-0.2, -0.15) is 4.31 Å². The molecule has 5 rings (SSSR count). The molecule has 1 fully saturated rings. The van der Waals surface area contributed by atoms with Gasteiger partial charge in [-0.3, -0.25) is 14.6 Å². The van der Waals surface area contributed by atoms with Crippen molar-refractivity contribution in [1.82, 2.24) is 14.2 Å². The number of piperazine rings is 1. The lowest BCUT2D eigenvalue weighted by Crippen LogP contribution is -2.48. The summed E-state index contributed by atoms with van der Waals surface area (Å²) in [5.74, 6) is -1.30. The minimum atomic E-state index is -3.97. The molecule has 0 saturated carbocycles. The first-order valence-corrected chi connectivity index (χ1v) is 14.7. The van der Waals surface area contributed by atoms with Crippen LogP contribution in [-0.2, 0) is 26.6 Å². The number of hydrogen-bond donors (Lipinski definition) is 1. The average molecular weight is 559 g/mol. The van der Waals surface area contributed by atoms with Gasteiger partial charge in [-0.15, -0.1) is 0 Å². The van der Waals surface area contributed by atoms with Crippen molar-refractivity contribution < 1.29 is 25.6 Å². The number of halogens is 2. The molecule has 8 nitrogen and oxygen atoms in total. The first-order valence-electron chi connectivity index (χ1n) is 11.8. The molecule has 1 aromatic heterocycles. The summed E-state index contributed by atoms with van der Waals surface area (Å²) >= 11 is 0. The Morgan fingerprint density at radius 2 is 1.47 bits per heavy atom. The predicted octanol–water partition coefficient (Wildman–Crippen LogP) is 3.82. The minimum absolute atomic E-state index is 0.0196. The fourth-order valence-electron chi connectivity index (χ4n) is 4.44. The van der Waals surface area contributed by atoms with Crippen molar-refractivity contribution in [3.63, 3.8) is 0 Å². The molecular weight excluding hydrogens is 534 g/mol. The van der Waals surface area contributed by atoms with E-state index in [1.54, 1.807) is 24.3 Å². The zero-order chi connectivity index (χ0) is 26.9. The Labute approximate surface area is 219 Å². The Bertz CT molecular complexity index is 1660. The van der Waals surface area contributed by atoms with E-state index in [1.165, 1.54) is 53.0 Å². The van der Waals surface area contributed by atoms with Crippen LogP contribution in [0.5, 0.6) is 0 Å². The van der Waals surface area contributed by atoms with Gasteiger partial charge in [-0.05, 0) is 54.1 Å². The van der Waals surface area contributed by atoms with Crippen molar-refractivity contribution >= 4 is 36.6 Å². The van der Waals surface area contributed by atoms with Crippen LogP contribution in [0.3, 0.4) is 0 Å². The molecule has 1 aliphatic rings. The highest BCUT2D eigenvalue weighted by Gasteiger charge is 2.29. The smallest absolute Gasteiger partial charge is 0.264 e. The van der Waals surface area contributed by atoms with Gasteiger partial charge in [0, 0.05) is 56.1 Å². The first kappa shape index (κ1) is 26.2. The molecule has 0 unspecified atom stereocenters. The van der Waals surface area contributed by atoms with Crippen LogP contribution >= 0.6 is 0 Å². The quantitative estimate of drug-likeness (QED) is 0.370. The molecule has 1 saturated heterocycles. The number of rotatable bonds is 7. The fraction of sp³-hybridized carbons (Fsp3) is 0.192. The van der Waals surface area contributed by atoms with Crippen LogP contribution in [0.15, 0.2) is 88.8 Å². The van der Waals surface area contributed by atoms with Crippen molar-refractivity contribution in [2.24, 2.45) is 0 Å². The minimum Gasteiger partial charge on any atom is -0.296 e. The van der Waals surface area contributed by atoms with Crippen LogP contribution in [0.1, 0.15) is 5.56 Å². The summed E-state index contributed by atoms with van der Waals surface area (Å²) in [6.07, 6.45) is 1.52. The summed E-state index contributed by atoms with van der Waals surface area (Å²) in [6.45, 7) is 1.53. The molecular formula is C26H24F2N4O4S2. The molecule has 3 aromatic carbocycles. The SMILES string of the molecule is O=S(=O)(Nc1ccc(S(=O)(=O)N2CCN(Cc3cc(F)cc(F)c3)CC2)cc1)c1cccc2cccnc12. The molecule has 0 bridgehead atoms. The molecule has 1 aliphatic heterocycles. The summed E-state index contributed by atoms with van der Waals surface area (Å²) in [5.41, 5.74) is 1.03. The van der Waals surface area contributed by atoms with Crippen molar-refractivity contribution in [3.8, 4) is 0 Å². The summed E-state index contributed by atoms with van der Waals surface area (Å²) in [6, 6.07) is 17.2. The van der Waals surface area contributed by atoms with E-state index >= 15 is 0 Å². The van der Waals surface area contributed by atoms with Crippen molar-refractivity contribution in [3.05, 3.63) is 96.2 Å². The molecule has 1 N–H and O–H groups in total. The van der Waals surface area contributed by atoms with E-state index in [-0.39, 0.29) is 28.6 Å². The standard InChI is InChI=1S/C26H24F2N4O4S2/c27-21-15-19(16-22(28)17-21)18-31-11-13-32(14-12-31)38(35,36)24-8-6-23(7-9-24)30-37(33,34)25-5-1-3-20-4-2-10-29-26(20)25/h1-10,15-17,30H,11-14,18H2. The number of pyridine rings is 1. The maximum absolute atomic E-state index is 13.5. The van der Waals surface area contributed by atoms with Crippen LogP contribution in [0.25, 0.3) is 10.9 Å². The molecule has 0 radical (unpaired) electrons. The van der Waals surface area contributed by atoms with Gasteiger partial charge in [-0.1, -0.05) is 18.2 Å². The number of hydrogen-bond acceptors (Lipinski definition) is 6. The van der Waals surface area contributed by atoms with Gasteiger partial charge in [0.15, 0.2) is 0 Å². The van der Waals surface area contributed by atoms with Crippen LogP contribution < -0.4 is 4.72 Å². The second-order valence-electron chi connectivity index (χ2n) is 8.92. The lowest BCUT2D eigenvalue weighted by atomic mass is 10.2. The topological polar surface area (TPSA) is 99.7 Å². The average Bonchev–Trinajstić information content (AvgIpc) is 2.88. The number of fused-ring (bicyclic) bond motifs is 1. The number of nitrogens with zero attached hydrogens (tertiary/aromatic N) is 3. The molecule has 198 valence electrons. The zero-order valence-corrected chi connectivity index (χ0v) is 21.7. The van der Waals surface area contributed by atoms with Gasteiger partial charge in [0.25, 0.3) is 10.0 Å². The summed E-state index contributed by atoms with van der Waals surface area (Å²) in [4.78, 5) is 6.17. The fourth-order valence-corrected chi connectivity index (χ4v) is 7.10. The number of benzene rings is 3. The summed E-state index contributed by atoms with van der Waals surface area (Å²) in [7, 11) is -7.78. The van der Waals surface area contributed by atoms with E-state index in [2.05, 4.69) is 9.71 Å². The Hall–Kier alpha value is -3.45. The van der Waals surface area contributed by atoms with Crippen LogP contribution in [-0.4, -0.2) is 57.2 Å². The summed E-state index contributed by atoms with van der Waals surface area (Å²) in [5, 5.41) is 0.681. The van der Waals surface area contributed by atoms with E-state index in [0.717, 1.165) is 6.07 Å². The molecule has 38 heavy (non-hydrogen) atoms. The van der Waals surface area contributed by atoms with Crippen molar-refractivity contribution in [2.45, 2.75) is 16.3 Å². The highest BCUT2D eigenvalue weighted by molar-refractivity contribution is 7.93. The molecule has 0 aliphatic carbocycles. The predicted molar refractivity (Wildman–Crippen MR) is 139 cm³/mol. The number of nitrogens with one attached hydrogen (secondary N) is 1. The maximum atomic E-state index is 13.5. The van der Waals surface area contributed by atoms with Crippen LogP contribution in [0.2, 0.25) is 0 Å². The van der Waals surface area contributed by atoms with Crippen LogP contribution in [0, 0.1) is 11.6 Å². The lowest BCUT2D eigenvalue weighted by molar-refractivity contribution is 0.181. The van der Waals surface area contributed by atoms with Gasteiger partial charge < -0.3 is 0 Å². The Morgan fingerprint density at radius 1 is 0.816 bits per heavy atom. The maximum Gasteiger partial charge on any atom is 0.264 e. The Balaban J connectivity index is 1.25. The second-order valence-corrected chi connectivity index (χ2v) is 12.5. The van der Waals surface area contributed by atoms with Gasteiger partial charge in [0.2, 0.25) is 10.0 Å². The third kappa shape index (κ3) is 5.53. The number of aromatic nitrogens is 1. The van der Waals surface area contributed by atoms with E-state index in [4.69, 9.17) is 0 Å². The van der Waals surface area contributed by atoms with Gasteiger partial charge >= 0.3 is 0 Å². The van der Waals surface area contributed by atoms with E-state index < -0.39 is 31.7 Å². The molecule has 0 atom stereocenters. The Kier molecular flexibility index (Phi) is 7.14. The zero-order valence-electron chi connectivity index (χ0n) is 20.1. The van der Waals surface area contributed by atoms with E-state index in [9.17, 15) is 25.6 Å². The number of sulfonamides is 2. The van der Waals surface area contributed by atoms with Crippen molar-refractivity contribution in [2.75, 3.05) is 30.9 Å². The van der Waals surface area contributed by atoms with E-state index in [1.807, 2.05) is 4.90 Å². The number of anilines is 1. The lowest BCUT2D eigenvalue weighted by Gasteiger charge is -2.34. The highest BCUT2D eigenvalue weighted by atomic mass is 32.2. The first-order chi connectivity index (χ1) is 18.1. The molecule has 4 aromatic rings. The van der Waals surface area contributed by atoms with Crippen LogP contribution in [0.4, 0.5) is 14.5 Å². The normalized spacial score (nSPS) is 15.5. The monoisotopic (exact) mass is 558 g/mol. The molecule has 12 heteroatoms. The third-order valence-corrected chi connectivity index (χ3v) is 9.62. The third-order valence-electron chi connectivity index (χ3n) is 6.29. The molecule has 2 heterocycles. The van der Waals surface area contributed by atoms with Gasteiger partial charge in [0.1, 0.15) is 16.5 Å². The molecule has 0 spiro atoms.